The Morgan fingerprint density at radius 1 is 1.33 bits per heavy atom. The molecule has 2 saturated heterocycles. The number of carbonyl (C=O) groups excluding carboxylic acids is 2. The fourth-order valence-corrected chi connectivity index (χ4v) is 3.87. The van der Waals surface area contributed by atoms with Gasteiger partial charge >= 0.3 is 0 Å². The molecule has 2 N–H and O–H groups in total. The van der Waals surface area contributed by atoms with Crippen molar-refractivity contribution >= 4 is 11.8 Å². The lowest BCUT2D eigenvalue weighted by atomic mass is 9.80. The highest BCUT2D eigenvalue weighted by atomic mass is 16.5. The zero-order valence-electron chi connectivity index (χ0n) is 14.2. The van der Waals surface area contributed by atoms with Gasteiger partial charge in [-0.3, -0.25) is 14.8 Å². The fourth-order valence-electron chi connectivity index (χ4n) is 3.87. The van der Waals surface area contributed by atoms with Crippen molar-refractivity contribution in [3.8, 4) is 0 Å². The highest BCUT2D eigenvalue weighted by Gasteiger charge is 2.53. The van der Waals surface area contributed by atoms with Gasteiger partial charge in [-0.1, -0.05) is 29.8 Å². The second-order valence-corrected chi connectivity index (χ2v) is 7.14. The molecule has 1 aromatic rings. The van der Waals surface area contributed by atoms with Crippen molar-refractivity contribution < 1.29 is 19.5 Å². The van der Waals surface area contributed by atoms with Gasteiger partial charge in [0, 0.05) is 13.2 Å². The van der Waals surface area contributed by atoms with Crippen LogP contribution in [0.1, 0.15) is 37.3 Å². The third-order valence-electron chi connectivity index (χ3n) is 5.51. The summed E-state index contributed by atoms with van der Waals surface area (Å²) < 4.78 is 5.50. The number of rotatable bonds is 4. The minimum absolute atomic E-state index is 0.0302. The summed E-state index contributed by atoms with van der Waals surface area (Å²) in [5.41, 5.74) is 2.59. The van der Waals surface area contributed by atoms with Gasteiger partial charge in [0.25, 0.3) is 0 Å². The molecule has 0 aliphatic carbocycles. The molecule has 0 bridgehead atoms. The summed E-state index contributed by atoms with van der Waals surface area (Å²) in [4.78, 5) is 26.8. The normalized spacial score (nSPS) is 30.0. The van der Waals surface area contributed by atoms with E-state index in [1.165, 1.54) is 0 Å². The Morgan fingerprint density at radius 3 is 2.62 bits per heavy atom. The molecule has 6 heteroatoms. The average molecular weight is 332 g/mol. The van der Waals surface area contributed by atoms with Crippen LogP contribution in [0.5, 0.6) is 0 Å². The molecule has 0 spiro atoms. The number of aryl methyl sites for hydroxylation is 1. The van der Waals surface area contributed by atoms with Gasteiger partial charge < -0.3 is 9.64 Å². The van der Waals surface area contributed by atoms with Crippen molar-refractivity contribution in [2.45, 2.75) is 44.1 Å². The van der Waals surface area contributed by atoms with E-state index in [0.717, 1.165) is 11.1 Å². The summed E-state index contributed by atoms with van der Waals surface area (Å²) >= 11 is 0. The van der Waals surface area contributed by atoms with Crippen LogP contribution in [-0.4, -0.2) is 47.2 Å². The Labute approximate surface area is 141 Å². The summed E-state index contributed by atoms with van der Waals surface area (Å²) in [5, 5.41) is 8.88. The minimum atomic E-state index is -0.660. The van der Waals surface area contributed by atoms with Crippen LogP contribution in [0.25, 0.3) is 0 Å². The first-order valence-corrected chi connectivity index (χ1v) is 8.31. The average Bonchev–Trinajstić information content (AvgIpc) is 3.15. The van der Waals surface area contributed by atoms with Gasteiger partial charge in [-0.15, -0.1) is 0 Å². The van der Waals surface area contributed by atoms with Gasteiger partial charge in [0.05, 0.1) is 24.0 Å². The number of nitrogens with zero attached hydrogens (tertiary/aromatic N) is 1. The predicted octanol–water partition coefficient (Wildman–Crippen LogP) is 1.54. The Balaban J connectivity index is 1.89. The topological polar surface area (TPSA) is 78.9 Å². The standard InChI is InChI=1S/C18H24N2O4/c1-13-3-5-14(6-4-13)17(2)7-9-20(16(17)22)18(8-10-24-12-18)11-15(21)19-23/h3-6,23H,7-12H2,1-2H3,(H,19,21). The van der Waals surface area contributed by atoms with Crippen LogP contribution in [0.4, 0.5) is 0 Å². The molecule has 2 aliphatic rings. The second kappa shape index (κ2) is 6.18. The quantitative estimate of drug-likeness (QED) is 0.647. The first-order chi connectivity index (χ1) is 11.4. The number of likely N-dealkylation sites (tertiary alicyclic amines) is 1. The Kier molecular flexibility index (Phi) is 4.36. The zero-order chi connectivity index (χ0) is 17.4. The maximum atomic E-state index is 13.3. The summed E-state index contributed by atoms with van der Waals surface area (Å²) in [6.45, 7) is 5.42. The molecule has 2 atom stereocenters. The van der Waals surface area contributed by atoms with Crippen molar-refractivity contribution in [2.75, 3.05) is 19.8 Å². The van der Waals surface area contributed by atoms with Crippen LogP contribution < -0.4 is 5.48 Å². The Hall–Kier alpha value is -1.92. The third-order valence-corrected chi connectivity index (χ3v) is 5.51. The number of hydrogen-bond acceptors (Lipinski definition) is 4. The second-order valence-electron chi connectivity index (χ2n) is 7.14. The van der Waals surface area contributed by atoms with Crippen LogP contribution in [0.3, 0.4) is 0 Å². The van der Waals surface area contributed by atoms with E-state index in [0.29, 0.717) is 32.6 Å². The number of nitrogens with one attached hydrogen (secondary N) is 1. The summed E-state index contributed by atoms with van der Waals surface area (Å²) in [5.74, 6) is -0.458. The largest absolute Gasteiger partial charge is 0.379 e. The van der Waals surface area contributed by atoms with E-state index < -0.39 is 16.9 Å². The molecule has 2 heterocycles. The first-order valence-electron chi connectivity index (χ1n) is 8.31. The smallest absolute Gasteiger partial charge is 0.245 e. The third kappa shape index (κ3) is 2.70. The molecule has 24 heavy (non-hydrogen) atoms. The zero-order valence-corrected chi connectivity index (χ0v) is 14.2. The molecule has 6 nitrogen and oxygen atoms in total. The van der Waals surface area contributed by atoms with E-state index in [4.69, 9.17) is 9.94 Å². The highest BCUT2D eigenvalue weighted by Crippen LogP contribution is 2.42. The lowest BCUT2D eigenvalue weighted by Crippen LogP contribution is -2.54. The molecule has 0 aromatic heterocycles. The van der Waals surface area contributed by atoms with Crippen LogP contribution >= 0.6 is 0 Å². The number of carbonyl (C=O) groups is 2. The lowest BCUT2D eigenvalue weighted by molar-refractivity contribution is -0.141. The van der Waals surface area contributed by atoms with Gasteiger partial charge in [-0.2, -0.15) is 0 Å². The van der Waals surface area contributed by atoms with E-state index in [2.05, 4.69) is 0 Å². The molecule has 1 aromatic carbocycles. The number of hydrogen-bond donors (Lipinski definition) is 2. The van der Waals surface area contributed by atoms with Gasteiger partial charge in [-0.25, -0.2) is 5.48 Å². The van der Waals surface area contributed by atoms with Gasteiger partial charge in [0.1, 0.15) is 0 Å². The number of ether oxygens (including phenoxy) is 1. The van der Waals surface area contributed by atoms with Gasteiger partial charge in [0.15, 0.2) is 0 Å². The van der Waals surface area contributed by atoms with Crippen LogP contribution in [0.2, 0.25) is 0 Å². The van der Waals surface area contributed by atoms with Crippen molar-refractivity contribution in [3.63, 3.8) is 0 Å². The predicted molar refractivity (Wildman–Crippen MR) is 87.6 cm³/mol. The van der Waals surface area contributed by atoms with Crippen molar-refractivity contribution in [1.29, 1.82) is 0 Å². The van der Waals surface area contributed by atoms with Crippen LogP contribution in [0, 0.1) is 6.92 Å². The van der Waals surface area contributed by atoms with E-state index in [1.807, 2.05) is 38.1 Å². The van der Waals surface area contributed by atoms with Crippen molar-refractivity contribution in [3.05, 3.63) is 35.4 Å². The lowest BCUT2D eigenvalue weighted by Gasteiger charge is -2.38. The molecule has 3 rings (SSSR count). The first kappa shape index (κ1) is 16.9. The van der Waals surface area contributed by atoms with Crippen molar-refractivity contribution in [2.24, 2.45) is 0 Å². The Morgan fingerprint density at radius 2 is 2.04 bits per heavy atom. The van der Waals surface area contributed by atoms with Gasteiger partial charge in [0.2, 0.25) is 11.8 Å². The molecule has 2 aliphatic heterocycles. The number of benzene rings is 1. The van der Waals surface area contributed by atoms with Crippen LogP contribution in [0.15, 0.2) is 24.3 Å². The van der Waals surface area contributed by atoms with E-state index >= 15 is 0 Å². The van der Waals surface area contributed by atoms with Gasteiger partial charge in [-0.05, 0) is 32.3 Å². The highest BCUT2D eigenvalue weighted by molar-refractivity contribution is 5.91. The van der Waals surface area contributed by atoms with E-state index in [-0.39, 0.29) is 12.3 Å². The number of amides is 2. The summed E-state index contributed by atoms with van der Waals surface area (Å²) in [6.07, 6.45) is 1.37. The molecule has 0 radical (unpaired) electrons. The molecule has 2 fully saturated rings. The van der Waals surface area contributed by atoms with Crippen LogP contribution in [-0.2, 0) is 19.7 Å². The molecule has 2 amide bonds. The maximum absolute atomic E-state index is 13.3. The fraction of sp³-hybridized carbons (Fsp3) is 0.556. The van der Waals surface area contributed by atoms with E-state index in [1.54, 1.807) is 10.4 Å². The molecule has 2 unspecified atom stereocenters. The maximum Gasteiger partial charge on any atom is 0.245 e. The minimum Gasteiger partial charge on any atom is -0.379 e. The molecular formula is C18H24N2O4. The molecule has 0 saturated carbocycles. The number of hydroxylamine groups is 1. The molecule has 130 valence electrons. The van der Waals surface area contributed by atoms with E-state index in [9.17, 15) is 9.59 Å². The molecular weight excluding hydrogens is 308 g/mol. The SMILES string of the molecule is Cc1ccc(C2(C)CCN(C3(CC(=O)NO)CCOC3)C2=O)cc1. The summed E-state index contributed by atoms with van der Waals surface area (Å²) in [6, 6.07) is 8.05. The summed E-state index contributed by atoms with van der Waals surface area (Å²) in [7, 11) is 0. The van der Waals surface area contributed by atoms with Crippen molar-refractivity contribution in [1.82, 2.24) is 10.4 Å². The Bertz CT molecular complexity index is 637. The monoisotopic (exact) mass is 332 g/mol.